The Morgan fingerprint density at radius 1 is 1.12 bits per heavy atom. The summed E-state index contributed by atoms with van der Waals surface area (Å²) in [6.07, 6.45) is 3.79. The highest BCUT2D eigenvalue weighted by molar-refractivity contribution is 5.99. The summed E-state index contributed by atoms with van der Waals surface area (Å²) in [5.74, 6) is 1.13. The summed E-state index contributed by atoms with van der Waals surface area (Å²) in [5.41, 5.74) is 6.58. The molecule has 42 heavy (non-hydrogen) atoms. The highest BCUT2D eigenvalue weighted by Crippen LogP contribution is 2.37. The maximum Gasteiger partial charge on any atom is 0.185 e. The molecule has 9 heteroatoms. The number of fused-ring (bicyclic) bond motifs is 2. The predicted octanol–water partition coefficient (Wildman–Crippen LogP) is 4.70. The molecule has 216 valence electrons. The zero-order chi connectivity index (χ0) is 28.8. The minimum Gasteiger partial charge on any atom is -0.492 e. The van der Waals surface area contributed by atoms with E-state index >= 15 is 0 Å². The van der Waals surface area contributed by atoms with E-state index in [4.69, 9.17) is 19.6 Å². The lowest BCUT2D eigenvalue weighted by molar-refractivity contribution is -0.189. The van der Waals surface area contributed by atoms with E-state index in [9.17, 15) is 4.79 Å². The Bertz CT molecular complexity index is 1780. The van der Waals surface area contributed by atoms with Crippen LogP contribution in [0.5, 0.6) is 5.75 Å². The summed E-state index contributed by atoms with van der Waals surface area (Å²) in [5, 5.41) is 5.86. The van der Waals surface area contributed by atoms with Crippen LogP contribution in [0.4, 0.5) is 0 Å². The predicted molar refractivity (Wildman–Crippen MR) is 160 cm³/mol. The van der Waals surface area contributed by atoms with Gasteiger partial charge in [-0.15, -0.1) is 0 Å². The molecule has 0 bridgehead atoms. The second-order valence-electron chi connectivity index (χ2n) is 12.1. The van der Waals surface area contributed by atoms with E-state index in [2.05, 4.69) is 41.9 Å². The van der Waals surface area contributed by atoms with E-state index in [0.717, 1.165) is 72.1 Å². The summed E-state index contributed by atoms with van der Waals surface area (Å²) in [6, 6.07) is 16.0. The van der Waals surface area contributed by atoms with Crippen LogP contribution in [0.3, 0.4) is 0 Å². The van der Waals surface area contributed by atoms with E-state index < -0.39 is 0 Å². The number of ketones is 1. The molecule has 2 fully saturated rings. The SMILES string of the molecule is Cc1nn(Cc2cccc(C(C)C)n2)c2cccc(CC(=O)c3cnc4cc(OCCN5CC6(COC6)C5)ccn34)c12. The number of likely N-dealkylation sites (tertiary alicyclic amines) is 1. The molecule has 1 spiro atoms. The summed E-state index contributed by atoms with van der Waals surface area (Å²) >= 11 is 0. The normalized spacial score (nSPS) is 16.3. The van der Waals surface area contributed by atoms with E-state index in [1.165, 1.54) is 0 Å². The third-order valence-electron chi connectivity index (χ3n) is 8.50. The van der Waals surface area contributed by atoms with Crippen molar-refractivity contribution in [2.24, 2.45) is 5.41 Å². The summed E-state index contributed by atoms with van der Waals surface area (Å²) in [4.78, 5) is 25.3. The molecule has 2 saturated heterocycles. The van der Waals surface area contributed by atoms with Crippen LogP contribution >= 0.6 is 0 Å². The number of ether oxygens (including phenoxy) is 2. The van der Waals surface area contributed by atoms with Crippen LogP contribution in [0.1, 0.15) is 52.9 Å². The van der Waals surface area contributed by atoms with Gasteiger partial charge in [-0.2, -0.15) is 5.10 Å². The van der Waals surface area contributed by atoms with Crippen LogP contribution in [0.25, 0.3) is 16.6 Å². The molecule has 0 radical (unpaired) electrons. The summed E-state index contributed by atoms with van der Waals surface area (Å²) in [7, 11) is 0. The minimum atomic E-state index is 0.00815. The fourth-order valence-corrected chi connectivity index (χ4v) is 6.28. The number of imidazole rings is 1. The molecule has 5 aromatic rings. The topological polar surface area (TPSA) is 86.8 Å². The first-order valence-electron chi connectivity index (χ1n) is 14.7. The molecule has 0 atom stereocenters. The van der Waals surface area contributed by atoms with Crippen LogP contribution in [-0.4, -0.2) is 74.3 Å². The number of aryl methyl sites for hydroxylation is 1. The van der Waals surface area contributed by atoms with Gasteiger partial charge in [0.15, 0.2) is 5.78 Å². The number of hydrogen-bond acceptors (Lipinski definition) is 7. The van der Waals surface area contributed by atoms with E-state index in [-0.39, 0.29) is 12.2 Å². The number of carbonyl (C=O) groups excluding carboxylic acids is 1. The smallest absolute Gasteiger partial charge is 0.185 e. The zero-order valence-electron chi connectivity index (χ0n) is 24.4. The van der Waals surface area contributed by atoms with Gasteiger partial charge in [-0.05, 0) is 42.7 Å². The third kappa shape index (κ3) is 4.97. The van der Waals surface area contributed by atoms with Crippen molar-refractivity contribution in [1.29, 1.82) is 0 Å². The van der Waals surface area contributed by atoms with Crippen molar-refractivity contribution in [3.8, 4) is 5.75 Å². The number of nitrogens with zero attached hydrogens (tertiary/aromatic N) is 6. The van der Waals surface area contributed by atoms with Crippen molar-refractivity contribution < 1.29 is 14.3 Å². The van der Waals surface area contributed by atoms with Gasteiger partial charge in [0, 0.05) is 54.8 Å². The number of hydrogen-bond donors (Lipinski definition) is 0. The lowest BCUT2D eigenvalue weighted by Gasteiger charge is -2.55. The van der Waals surface area contributed by atoms with E-state index in [1.807, 2.05) is 52.5 Å². The molecule has 4 aromatic heterocycles. The monoisotopic (exact) mass is 564 g/mol. The second kappa shape index (κ2) is 10.6. The Hall–Kier alpha value is -4.08. The summed E-state index contributed by atoms with van der Waals surface area (Å²) in [6.45, 7) is 12.4. The molecule has 2 aliphatic heterocycles. The van der Waals surface area contributed by atoms with Gasteiger partial charge in [0.2, 0.25) is 0 Å². The molecule has 7 rings (SSSR count). The van der Waals surface area contributed by atoms with Gasteiger partial charge in [-0.3, -0.25) is 23.8 Å². The maximum absolute atomic E-state index is 13.6. The van der Waals surface area contributed by atoms with Crippen molar-refractivity contribution in [3.63, 3.8) is 0 Å². The van der Waals surface area contributed by atoms with Gasteiger partial charge < -0.3 is 9.47 Å². The fraction of sp³-hybridized carbons (Fsp3) is 0.394. The minimum absolute atomic E-state index is 0.00815. The van der Waals surface area contributed by atoms with E-state index in [0.29, 0.717) is 35.8 Å². The van der Waals surface area contributed by atoms with Gasteiger partial charge in [-0.1, -0.05) is 32.0 Å². The molecule has 2 aliphatic rings. The number of carbonyl (C=O) groups is 1. The fourth-order valence-electron chi connectivity index (χ4n) is 6.28. The maximum atomic E-state index is 13.6. The average molecular weight is 565 g/mol. The zero-order valence-corrected chi connectivity index (χ0v) is 24.4. The molecule has 0 amide bonds. The van der Waals surface area contributed by atoms with Gasteiger partial charge in [0.25, 0.3) is 0 Å². The Morgan fingerprint density at radius 2 is 1.95 bits per heavy atom. The standard InChI is InChI=1S/C33H36N6O3/c1-22(2)27-8-5-7-25(35-27)17-39-28-9-4-6-24(32(28)23(3)36-39)14-30(40)29-16-34-31-15-26(10-11-38(29)31)42-13-12-37-18-33(19-37)20-41-21-33/h4-11,15-16,22H,12-14,17-21H2,1-3H3. The van der Waals surface area contributed by atoms with Gasteiger partial charge in [0.1, 0.15) is 23.7 Å². The number of benzene rings is 1. The molecule has 0 N–H and O–H groups in total. The Kier molecular flexibility index (Phi) is 6.79. The summed E-state index contributed by atoms with van der Waals surface area (Å²) < 4.78 is 15.2. The lowest BCUT2D eigenvalue weighted by Crippen LogP contribution is -2.66. The van der Waals surface area contributed by atoms with Crippen LogP contribution in [0, 0.1) is 12.3 Å². The first kappa shape index (κ1) is 26.8. The van der Waals surface area contributed by atoms with Crippen LogP contribution < -0.4 is 4.74 Å². The number of rotatable bonds is 10. The third-order valence-corrected chi connectivity index (χ3v) is 8.50. The largest absolute Gasteiger partial charge is 0.492 e. The van der Waals surface area contributed by atoms with Gasteiger partial charge in [0.05, 0.1) is 42.9 Å². The molecule has 6 heterocycles. The number of Topliss-reactive ketones (excluding diaryl/α,β-unsaturated/α-hetero) is 1. The quantitative estimate of drug-likeness (QED) is 0.227. The van der Waals surface area contributed by atoms with Crippen molar-refractivity contribution in [1.82, 2.24) is 29.0 Å². The van der Waals surface area contributed by atoms with Crippen molar-refractivity contribution >= 4 is 22.3 Å². The van der Waals surface area contributed by atoms with Crippen LogP contribution in [-0.2, 0) is 17.7 Å². The highest BCUT2D eigenvalue weighted by atomic mass is 16.5. The van der Waals surface area contributed by atoms with Gasteiger partial charge in [-0.25, -0.2) is 4.98 Å². The van der Waals surface area contributed by atoms with Crippen molar-refractivity contribution in [3.05, 3.63) is 89.3 Å². The average Bonchev–Trinajstić information content (AvgIpc) is 3.50. The Labute approximate surface area is 245 Å². The highest BCUT2D eigenvalue weighted by Gasteiger charge is 2.48. The second-order valence-corrected chi connectivity index (χ2v) is 12.1. The molecule has 0 unspecified atom stereocenters. The molecule has 9 nitrogen and oxygen atoms in total. The van der Waals surface area contributed by atoms with Crippen LogP contribution in [0.2, 0.25) is 0 Å². The molecular formula is C33H36N6O3. The first-order valence-corrected chi connectivity index (χ1v) is 14.7. The van der Waals surface area contributed by atoms with Crippen molar-refractivity contribution in [2.45, 2.75) is 39.7 Å². The number of aromatic nitrogens is 5. The molecule has 1 aromatic carbocycles. The molecule has 0 saturated carbocycles. The first-order chi connectivity index (χ1) is 20.4. The number of pyridine rings is 2. The van der Waals surface area contributed by atoms with E-state index in [1.54, 1.807) is 6.20 Å². The van der Waals surface area contributed by atoms with Gasteiger partial charge >= 0.3 is 0 Å². The molecule has 0 aliphatic carbocycles. The Morgan fingerprint density at radius 3 is 2.74 bits per heavy atom. The van der Waals surface area contributed by atoms with Crippen molar-refractivity contribution in [2.75, 3.05) is 39.5 Å². The Balaban J connectivity index is 1.04. The lowest BCUT2D eigenvalue weighted by atomic mass is 9.78. The molecular weight excluding hydrogens is 528 g/mol. The van der Waals surface area contributed by atoms with Crippen LogP contribution in [0.15, 0.2) is 60.9 Å².